The Balaban J connectivity index is 2.57. The molecule has 1 heterocycles. The van der Waals surface area contributed by atoms with Gasteiger partial charge < -0.3 is 4.74 Å². The first-order chi connectivity index (χ1) is 4.58. The molecular weight excluding hydrogens is 167 g/mol. The van der Waals surface area contributed by atoms with Gasteiger partial charge in [-0.05, 0) is 0 Å². The van der Waals surface area contributed by atoms with Crippen molar-refractivity contribution in [1.82, 2.24) is 4.98 Å². The molecule has 1 rings (SSSR count). The van der Waals surface area contributed by atoms with Crippen molar-refractivity contribution in [3.8, 4) is 5.19 Å². The van der Waals surface area contributed by atoms with Gasteiger partial charge in [0, 0.05) is 0 Å². The van der Waals surface area contributed by atoms with Crippen molar-refractivity contribution in [2.24, 2.45) is 0 Å². The molecule has 2 nitrogen and oxygen atoms in total. The molecule has 1 aromatic rings. The quantitative estimate of drug-likeness (QED) is 0.638. The van der Waals surface area contributed by atoms with Crippen LogP contribution >= 0.6 is 11.3 Å². The predicted octanol–water partition coefficient (Wildman–Crippen LogP) is 1.84. The molecule has 0 aliphatic carbocycles. The lowest BCUT2D eigenvalue weighted by Gasteiger charge is -2.03. The number of aromatic nitrogens is 1. The van der Waals surface area contributed by atoms with Crippen molar-refractivity contribution in [2.45, 2.75) is 6.36 Å². The number of nitrogens with zero attached hydrogens (tertiary/aromatic N) is 1. The van der Waals surface area contributed by atoms with E-state index in [1.54, 1.807) is 0 Å². The molecule has 0 atom stereocenters. The molecule has 0 aromatic carbocycles. The van der Waals surface area contributed by atoms with E-state index in [0.717, 1.165) is 6.20 Å². The fraction of sp³-hybridized carbons (Fsp3) is 0.250. The zero-order chi connectivity index (χ0) is 7.61. The van der Waals surface area contributed by atoms with Crippen LogP contribution in [0.3, 0.4) is 0 Å². The van der Waals surface area contributed by atoms with E-state index >= 15 is 0 Å². The Morgan fingerprint density at radius 3 is 2.70 bits per heavy atom. The van der Waals surface area contributed by atoms with E-state index in [0.29, 0.717) is 11.3 Å². The zero-order valence-electron chi connectivity index (χ0n) is 4.47. The standard InChI is InChI=1S/C4HF3NOS/c5-4(6,7)9-3-8-1-2-10-3/h1H. The summed E-state index contributed by atoms with van der Waals surface area (Å²) in [5.41, 5.74) is 0. The van der Waals surface area contributed by atoms with Gasteiger partial charge in [0.15, 0.2) is 0 Å². The number of hydrogen-bond acceptors (Lipinski definition) is 3. The summed E-state index contributed by atoms with van der Waals surface area (Å²) >= 11 is 0.671. The smallest absolute Gasteiger partial charge is 0.378 e. The molecule has 0 unspecified atom stereocenters. The van der Waals surface area contributed by atoms with E-state index in [-0.39, 0.29) is 0 Å². The van der Waals surface area contributed by atoms with Crippen molar-refractivity contribution in [2.75, 3.05) is 0 Å². The first kappa shape index (κ1) is 7.33. The van der Waals surface area contributed by atoms with Gasteiger partial charge in [0.2, 0.25) is 0 Å². The van der Waals surface area contributed by atoms with Gasteiger partial charge in [-0.15, -0.1) is 13.2 Å². The summed E-state index contributed by atoms with van der Waals surface area (Å²) in [6.45, 7) is 0. The van der Waals surface area contributed by atoms with Crippen LogP contribution in [0, 0.1) is 5.38 Å². The Labute approximate surface area is 58.3 Å². The number of hydrogen-bond donors (Lipinski definition) is 0. The minimum Gasteiger partial charge on any atom is -0.378 e. The Morgan fingerprint density at radius 1 is 1.60 bits per heavy atom. The third kappa shape index (κ3) is 2.22. The van der Waals surface area contributed by atoms with Crippen molar-refractivity contribution in [3.63, 3.8) is 0 Å². The fourth-order valence-electron chi connectivity index (χ4n) is 0.328. The lowest BCUT2D eigenvalue weighted by atomic mass is 11.0. The van der Waals surface area contributed by atoms with E-state index < -0.39 is 11.6 Å². The van der Waals surface area contributed by atoms with Crippen LogP contribution in [0.2, 0.25) is 0 Å². The second-order valence-electron chi connectivity index (χ2n) is 1.29. The van der Waals surface area contributed by atoms with Crippen LogP contribution in [0.5, 0.6) is 5.19 Å². The minimum absolute atomic E-state index is 0.437. The monoisotopic (exact) mass is 168 g/mol. The van der Waals surface area contributed by atoms with Gasteiger partial charge in [0.05, 0.1) is 11.6 Å². The van der Waals surface area contributed by atoms with Crippen LogP contribution in [0.15, 0.2) is 6.20 Å². The molecule has 0 N–H and O–H groups in total. The van der Waals surface area contributed by atoms with Crippen molar-refractivity contribution >= 4 is 11.3 Å². The van der Waals surface area contributed by atoms with Crippen molar-refractivity contribution in [1.29, 1.82) is 0 Å². The minimum atomic E-state index is -4.65. The van der Waals surface area contributed by atoms with Gasteiger partial charge in [-0.3, -0.25) is 0 Å². The fourth-order valence-corrected chi connectivity index (χ4v) is 0.776. The molecule has 0 spiro atoms. The number of thiazole rings is 1. The molecule has 0 fully saturated rings. The second-order valence-corrected chi connectivity index (χ2v) is 2.08. The summed E-state index contributed by atoms with van der Waals surface area (Å²) in [7, 11) is 0. The largest absolute Gasteiger partial charge is 0.574 e. The first-order valence-corrected chi connectivity index (χ1v) is 2.97. The molecule has 10 heavy (non-hydrogen) atoms. The maximum Gasteiger partial charge on any atom is 0.574 e. The predicted molar refractivity (Wildman–Crippen MR) is 27.6 cm³/mol. The lowest BCUT2D eigenvalue weighted by Crippen LogP contribution is -2.16. The van der Waals surface area contributed by atoms with Crippen molar-refractivity contribution in [3.05, 3.63) is 11.6 Å². The maximum atomic E-state index is 11.3. The highest BCUT2D eigenvalue weighted by Crippen LogP contribution is 2.23. The van der Waals surface area contributed by atoms with Gasteiger partial charge in [-0.1, -0.05) is 11.3 Å². The van der Waals surface area contributed by atoms with Crippen molar-refractivity contribution < 1.29 is 17.9 Å². The normalized spacial score (nSPS) is 11.5. The summed E-state index contributed by atoms with van der Waals surface area (Å²) in [6, 6.07) is 0. The van der Waals surface area contributed by atoms with Crippen LogP contribution in [0.4, 0.5) is 13.2 Å². The topological polar surface area (TPSA) is 22.1 Å². The Morgan fingerprint density at radius 2 is 2.30 bits per heavy atom. The Kier molecular flexibility index (Phi) is 1.80. The molecule has 0 aliphatic rings. The molecule has 0 saturated carbocycles. The summed E-state index contributed by atoms with van der Waals surface area (Å²) < 4.78 is 37.5. The number of halogens is 3. The third-order valence-corrected chi connectivity index (χ3v) is 1.16. The average molecular weight is 168 g/mol. The summed E-state index contributed by atoms with van der Waals surface area (Å²) in [5.74, 6) is 0. The third-order valence-electron chi connectivity index (χ3n) is 0.572. The maximum absolute atomic E-state index is 11.3. The molecule has 6 heteroatoms. The zero-order valence-corrected chi connectivity index (χ0v) is 5.29. The van der Waals surface area contributed by atoms with Crippen LogP contribution in [0.1, 0.15) is 0 Å². The van der Waals surface area contributed by atoms with Gasteiger partial charge >= 0.3 is 6.36 Å². The summed E-state index contributed by atoms with van der Waals surface area (Å²) in [5, 5.41) is 1.92. The molecule has 0 bridgehead atoms. The summed E-state index contributed by atoms with van der Waals surface area (Å²) in [6.07, 6.45) is -3.53. The highest BCUT2D eigenvalue weighted by atomic mass is 32.1. The Bertz CT molecular complexity index is 195. The highest BCUT2D eigenvalue weighted by Gasteiger charge is 2.32. The number of rotatable bonds is 1. The number of ether oxygens (including phenoxy) is 1. The lowest BCUT2D eigenvalue weighted by molar-refractivity contribution is -0.274. The second kappa shape index (κ2) is 2.45. The van der Waals surface area contributed by atoms with Crippen LogP contribution < -0.4 is 4.74 Å². The van der Waals surface area contributed by atoms with Gasteiger partial charge in [0.25, 0.3) is 5.19 Å². The molecule has 1 radical (unpaired) electrons. The Hall–Kier alpha value is -0.780. The van der Waals surface area contributed by atoms with Crippen LogP contribution in [-0.4, -0.2) is 11.3 Å². The number of alkyl halides is 3. The van der Waals surface area contributed by atoms with E-state index in [1.807, 2.05) is 0 Å². The molecule has 0 aliphatic heterocycles. The van der Waals surface area contributed by atoms with Crippen LogP contribution in [-0.2, 0) is 0 Å². The molecule has 0 amide bonds. The van der Waals surface area contributed by atoms with E-state index in [1.165, 1.54) is 0 Å². The summed E-state index contributed by atoms with van der Waals surface area (Å²) in [4.78, 5) is 3.22. The average Bonchev–Trinajstić information content (AvgIpc) is 2.12. The first-order valence-electron chi connectivity index (χ1n) is 2.15. The van der Waals surface area contributed by atoms with E-state index in [9.17, 15) is 13.2 Å². The van der Waals surface area contributed by atoms with E-state index in [2.05, 4.69) is 15.1 Å². The van der Waals surface area contributed by atoms with Gasteiger partial charge in [-0.2, -0.15) is 0 Å². The SMILES string of the molecule is FC(F)(F)Oc1nc[c]s1. The van der Waals surface area contributed by atoms with E-state index in [4.69, 9.17) is 0 Å². The van der Waals surface area contributed by atoms with Gasteiger partial charge in [-0.25, -0.2) is 4.98 Å². The molecule has 0 saturated heterocycles. The molecule has 1 aromatic heterocycles. The van der Waals surface area contributed by atoms with Gasteiger partial charge in [0.1, 0.15) is 0 Å². The molecule has 55 valence electrons. The highest BCUT2D eigenvalue weighted by molar-refractivity contribution is 7.10. The van der Waals surface area contributed by atoms with Crippen LogP contribution in [0.25, 0.3) is 0 Å². The molecular formula is C4HF3NOS.